The van der Waals surface area contributed by atoms with E-state index in [9.17, 15) is 4.79 Å². The van der Waals surface area contributed by atoms with E-state index in [-0.39, 0.29) is 10.7 Å². The number of hydrogen-bond acceptors (Lipinski definition) is 2. The Kier molecular flexibility index (Phi) is 5.06. The van der Waals surface area contributed by atoms with Gasteiger partial charge in [0, 0.05) is 19.1 Å². The number of amides is 1. The second kappa shape index (κ2) is 5.85. The lowest BCUT2D eigenvalue weighted by atomic mass is 10.3. The highest BCUT2D eigenvalue weighted by Gasteiger charge is 2.28. The first-order valence-electron chi connectivity index (χ1n) is 5.65. The Labute approximate surface area is 101 Å². The number of carbonyl (C=O) groups excluding carboxylic acids is 1. The summed E-state index contributed by atoms with van der Waals surface area (Å²) in [7, 11) is 2.13. The Hall–Kier alpha value is -0.0900. The summed E-state index contributed by atoms with van der Waals surface area (Å²) in [6.45, 7) is 7.26. The molecule has 1 aliphatic heterocycles. The molecule has 1 unspecified atom stereocenters. The fourth-order valence-electron chi connectivity index (χ4n) is 1.69. The van der Waals surface area contributed by atoms with E-state index in [0.29, 0.717) is 6.04 Å². The Bertz CT molecular complexity index is 221. The predicted molar refractivity (Wildman–Crippen MR) is 66.3 cm³/mol. The van der Waals surface area contributed by atoms with Crippen molar-refractivity contribution >= 4 is 21.8 Å². The summed E-state index contributed by atoms with van der Waals surface area (Å²) in [4.78, 5) is 15.9. The molecular formula is C11H21BrN2O. The van der Waals surface area contributed by atoms with Gasteiger partial charge in [0.25, 0.3) is 0 Å². The molecule has 0 spiro atoms. The van der Waals surface area contributed by atoms with Crippen molar-refractivity contribution in [1.29, 1.82) is 0 Å². The van der Waals surface area contributed by atoms with E-state index in [0.717, 1.165) is 32.5 Å². The Morgan fingerprint density at radius 3 is 2.73 bits per heavy atom. The van der Waals surface area contributed by atoms with Crippen LogP contribution >= 0.6 is 15.9 Å². The summed E-state index contributed by atoms with van der Waals surface area (Å²) in [5.41, 5.74) is 0. The Morgan fingerprint density at radius 1 is 1.60 bits per heavy atom. The fraction of sp³-hybridized carbons (Fsp3) is 0.909. The average Bonchev–Trinajstić information content (AvgIpc) is 2.49. The van der Waals surface area contributed by atoms with Gasteiger partial charge < -0.3 is 9.80 Å². The van der Waals surface area contributed by atoms with Crippen molar-refractivity contribution in [1.82, 2.24) is 9.80 Å². The molecule has 0 aromatic heterocycles. The molecule has 0 bridgehead atoms. The molecule has 88 valence electrons. The summed E-state index contributed by atoms with van der Waals surface area (Å²) in [6.07, 6.45) is 2.03. The van der Waals surface area contributed by atoms with Crippen LogP contribution in [0.25, 0.3) is 0 Å². The molecule has 1 heterocycles. The standard InChI is InChI=1S/C11H21BrN2O/c1-9(2)13(3)6-4-7-14-8-5-10(12)11(14)15/h9-10H,4-8H2,1-3H3. The molecular weight excluding hydrogens is 256 g/mol. The van der Waals surface area contributed by atoms with Crippen molar-refractivity contribution in [3.05, 3.63) is 0 Å². The fourth-order valence-corrected chi connectivity index (χ4v) is 2.19. The highest BCUT2D eigenvalue weighted by molar-refractivity contribution is 9.10. The SMILES string of the molecule is CC(C)N(C)CCCN1CCC(Br)C1=O. The molecule has 0 radical (unpaired) electrons. The van der Waals surface area contributed by atoms with Crippen molar-refractivity contribution in [2.45, 2.75) is 37.6 Å². The number of likely N-dealkylation sites (tertiary alicyclic amines) is 1. The Morgan fingerprint density at radius 2 is 2.27 bits per heavy atom. The second-order valence-electron chi connectivity index (χ2n) is 4.51. The van der Waals surface area contributed by atoms with Crippen molar-refractivity contribution in [2.75, 3.05) is 26.7 Å². The van der Waals surface area contributed by atoms with Crippen LogP contribution in [0.1, 0.15) is 26.7 Å². The number of rotatable bonds is 5. The van der Waals surface area contributed by atoms with E-state index in [4.69, 9.17) is 0 Å². The third kappa shape index (κ3) is 3.76. The van der Waals surface area contributed by atoms with Gasteiger partial charge in [-0.15, -0.1) is 0 Å². The largest absolute Gasteiger partial charge is 0.342 e. The Balaban J connectivity index is 2.18. The lowest BCUT2D eigenvalue weighted by Gasteiger charge is -2.22. The summed E-state index contributed by atoms with van der Waals surface area (Å²) < 4.78 is 0. The molecule has 4 heteroatoms. The van der Waals surface area contributed by atoms with Crippen LogP contribution in [0.2, 0.25) is 0 Å². The minimum absolute atomic E-state index is 0.0697. The lowest BCUT2D eigenvalue weighted by Crippen LogP contribution is -2.33. The summed E-state index contributed by atoms with van der Waals surface area (Å²) in [5.74, 6) is 0.266. The third-order valence-electron chi connectivity index (χ3n) is 3.05. The maximum Gasteiger partial charge on any atom is 0.236 e. The van der Waals surface area contributed by atoms with Gasteiger partial charge in [0.1, 0.15) is 0 Å². The van der Waals surface area contributed by atoms with Crippen LogP contribution in [0, 0.1) is 0 Å². The van der Waals surface area contributed by atoms with Crippen LogP contribution in [-0.2, 0) is 4.79 Å². The maximum atomic E-state index is 11.6. The van der Waals surface area contributed by atoms with E-state index in [1.807, 2.05) is 4.90 Å². The monoisotopic (exact) mass is 276 g/mol. The van der Waals surface area contributed by atoms with Crippen LogP contribution in [0.15, 0.2) is 0 Å². The molecule has 1 fully saturated rings. The van der Waals surface area contributed by atoms with Gasteiger partial charge in [-0.3, -0.25) is 4.79 Å². The van der Waals surface area contributed by atoms with Crippen LogP contribution in [0.3, 0.4) is 0 Å². The predicted octanol–water partition coefficient (Wildman–Crippen LogP) is 1.71. The van der Waals surface area contributed by atoms with Crippen LogP contribution < -0.4 is 0 Å². The molecule has 0 aliphatic carbocycles. The van der Waals surface area contributed by atoms with Crippen LogP contribution in [-0.4, -0.2) is 53.3 Å². The van der Waals surface area contributed by atoms with Crippen LogP contribution in [0.5, 0.6) is 0 Å². The van der Waals surface area contributed by atoms with E-state index in [2.05, 4.69) is 41.7 Å². The highest BCUT2D eigenvalue weighted by atomic mass is 79.9. The first-order chi connectivity index (χ1) is 7.02. The van der Waals surface area contributed by atoms with Crippen molar-refractivity contribution in [2.24, 2.45) is 0 Å². The number of hydrogen-bond donors (Lipinski definition) is 0. The zero-order chi connectivity index (χ0) is 11.4. The number of alkyl halides is 1. The first kappa shape index (κ1) is 13.0. The summed E-state index contributed by atoms with van der Waals surface area (Å²) in [5, 5.41) is 0. The molecule has 3 nitrogen and oxygen atoms in total. The van der Waals surface area contributed by atoms with Gasteiger partial charge in [-0.2, -0.15) is 0 Å². The van der Waals surface area contributed by atoms with Gasteiger partial charge in [0.05, 0.1) is 4.83 Å². The van der Waals surface area contributed by atoms with Gasteiger partial charge in [-0.1, -0.05) is 15.9 Å². The van der Waals surface area contributed by atoms with E-state index in [1.165, 1.54) is 0 Å². The smallest absolute Gasteiger partial charge is 0.236 e. The summed E-state index contributed by atoms with van der Waals surface area (Å²) >= 11 is 3.39. The second-order valence-corrected chi connectivity index (χ2v) is 5.61. The van der Waals surface area contributed by atoms with Gasteiger partial charge in [-0.25, -0.2) is 0 Å². The molecule has 1 amide bonds. The van der Waals surface area contributed by atoms with E-state index in [1.54, 1.807) is 0 Å². The number of carbonyl (C=O) groups is 1. The zero-order valence-electron chi connectivity index (χ0n) is 9.87. The number of halogens is 1. The molecule has 1 rings (SSSR count). The molecule has 0 saturated carbocycles. The molecule has 1 atom stereocenters. The number of nitrogens with zero attached hydrogens (tertiary/aromatic N) is 2. The van der Waals surface area contributed by atoms with Crippen molar-refractivity contribution in [3.63, 3.8) is 0 Å². The van der Waals surface area contributed by atoms with E-state index < -0.39 is 0 Å². The summed E-state index contributed by atoms with van der Waals surface area (Å²) in [6, 6.07) is 0.586. The molecule has 15 heavy (non-hydrogen) atoms. The molecule has 0 N–H and O–H groups in total. The molecule has 1 saturated heterocycles. The quantitative estimate of drug-likeness (QED) is 0.714. The average molecular weight is 277 g/mol. The van der Waals surface area contributed by atoms with Gasteiger partial charge in [-0.05, 0) is 40.3 Å². The van der Waals surface area contributed by atoms with Crippen LogP contribution in [0.4, 0.5) is 0 Å². The highest BCUT2D eigenvalue weighted by Crippen LogP contribution is 2.18. The van der Waals surface area contributed by atoms with Gasteiger partial charge >= 0.3 is 0 Å². The van der Waals surface area contributed by atoms with E-state index >= 15 is 0 Å². The minimum Gasteiger partial charge on any atom is -0.342 e. The minimum atomic E-state index is 0.0697. The third-order valence-corrected chi connectivity index (χ3v) is 3.90. The van der Waals surface area contributed by atoms with Gasteiger partial charge in [0.15, 0.2) is 0 Å². The van der Waals surface area contributed by atoms with Crippen molar-refractivity contribution in [3.8, 4) is 0 Å². The zero-order valence-corrected chi connectivity index (χ0v) is 11.5. The lowest BCUT2D eigenvalue weighted by molar-refractivity contribution is -0.127. The molecule has 0 aromatic carbocycles. The maximum absolute atomic E-state index is 11.6. The van der Waals surface area contributed by atoms with Crippen molar-refractivity contribution < 1.29 is 4.79 Å². The first-order valence-corrected chi connectivity index (χ1v) is 6.57. The topological polar surface area (TPSA) is 23.6 Å². The molecule has 0 aromatic rings. The normalized spacial score (nSPS) is 22.1. The van der Waals surface area contributed by atoms with Gasteiger partial charge in [0.2, 0.25) is 5.91 Å². The molecule has 1 aliphatic rings.